The second-order valence-corrected chi connectivity index (χ2v) is 7.68. The zero-order chi connectivity index (χ0) is 18.5. The van der Waals surface area contributed by atoms with Crippen LogP contribution in [0.4, 0.5) is 15.5 Å². The van der Waals surface area contributed by atoms with Gasteiger partial charge < -0.3 is 16.0 Å². The predicted octanol–water partition coefficient (Wildman–Crippen LogP) is 3.59. The Labute approximate surface area is 157 Å². The van der Waals surface area contributed by atoms with Crippen LogP contribution in [-0.2, 0) is 0 Å². The quantitative estimate of drug-likeness (QED) is 0.766. The number of carbonyl (C=O) groups is 2. The summed E-state index contributed by atoms with van der Waals surface area (Å²) < 4.78 is 0. The standard InChI is InChI=1S/C19H24N4O2S/c1-13(20)14-9-11-23(12-10-14)18(24)16-7-8-17(26-16)22-19(25)21-15-5-3-2-4-6-15/h2-8,13-14H,9-12,20H2,1H3,(H2,21,22,25). The topological polar surface area (TPSA) is 87.5 Å². The molecule has 3 rings (SSSR count). The first-order valence-corrected chi connectivity index (χ1v) is 9.62. The molecule has 6 nitrogen and oxygen atoms in total. The molecule has 0 spiro atoms. The van der Waals surface area contributed by atoms with Crippen molar-refractivity contribution >= 4 is 34.0 Å². The van der Waals surface area contributed by atoms with Crippen LogP contribution in [0, 0.1) is 5.92 Å². The highest BCUT2D eigenvalue weighted by molar-refractivity contribution is 7.18. The highest BCUT2D eigenvalue weighted by Gasteiger charge is 2.26. The van der Waals surface area contributed by atoms with Crippen LogP contribution in [0.5, 0.6) is 0 Å². The molecule has 2 heterocycles. The number of hydrogen-bond donors (Lipinski definition) is 3. The molecule has 0 saturated carbocycles. The van der Waals surface area contributed by atoms with Gasteiger partial charge in [0.1, 0.15) is 0 Å². The number of benzene rings is 1. The molecule has 7 heteroatoms. The first-order valence-electron chi connectivity index (χ1n) is 8.80. The normalized spacial score (nSPS) is 16.2. The third kappa shape index (κ3) is 4.62. The van der Waals surface area contributed by atoms with Gasteiger partial charge in [-0.05, 0) is 49.9 Å². The van der Waals surface area contributed by atoms with Crippen molar-refractivity contribution < 1.29 is 9.59 Å². The van der Waals surface area contributed by atoms with Gasteiger partial charge >= 0.3 is 6.03 Å². The predicted molar refractivity (Wildman–Crippen MR) is 106 cm³/mol. The lowest BCUT2D eigenvalue weighted by Gasteiger charge is -2.33. The molecule has 1 aliphatic rings. The molecular formula is C19H24N4O2S. The smallest absolute Gasteiger partial charge is 0.324 e. The van der Waals surface area contributed by atoms with E-state index in [-0.39, 0.29) is 18.0 Å². The van der Waals surface area contributed by atoms with Gasteiger partial charge in [0, 0.05) is 24.8 Å². The van der Waals surface area contributed by atoms with E-state index in [1.807, 2.05) is 42.2 Å². The van der Waals surface area contributed by atoms with Crippen LogP contribution in [0.3, 0.4) is 0 Å². The number of para-hydroxylation sites is 1. The lowest BCUT2D eigenvalue weighted by molar-refractivity contribution is 0.0686. The highest BCUT2D eigenvalue weighted by atomic mass is 32.1. The van der Waals surface area contributed by atoms with Gasteiger partial charge in [0.2, 0.25) is 0 Å². The number of nitrogens with one attached hydrogen (secondary N) is 2. The molecular weight excluding hydrogens is 348 g/mol. The van der Waals surface area contributed by atoms with E-state index in [1.54, 1.807) is 12.1 Å². The van der Waals surface area contributed by atoms with Crippen LogP contribution < -0.4 is 16.4 Å². The van der Waals surface area contributed by atoms with Crippen molar-refractivity contribution in [2.75, 3.05) is 23.7 Å². The molecule has 1 fully saturated rings. The van der Waals surface area contributed by atoms with Crippen molar-refractivity contribution in [1.82, 2.24) is 4.90 Å². The minimum absolute atomic E-state index is 0.0228. The molecule has 1 aliphatic heterocycles. The molecule has 0 aliphatic carbocycles. The lowest BCUT2D eigenvalue weighted by atomic mass is 9.91. The number of thiophene rings is 1. The average molecular weight is 372 g/mol. The summed E-state index contributed by atoms with van der Waals surface area (Å²) in [5.74, 6) is 0.510. The van der Waals surface area contributed by atoms with E-state index in [2.05, 4.69) is 10.6 Å². The number of urea groups is 1. The van der Waals surface area contributed by atoms with Gasteiger partial charge in [-0.1, -0.05) is 18.2 Å². The Bertz CT molecular complexity index is 752. The SMILES string of the molecule is CC(N)C1CCN(C(=O)c2ccc(NC(=O)Nc3ccccc3)s2)CC1. The summed E-state index contributed by atoms with van der Waals surface area (Å²) in [6.45, 7) is 3.50. The van der Waals surface area contributed by atoms with Gasteiger partial charge in [-0.3, -0.25) is 10.1 Å². The average Bonchev–Trinajstić information content (AvgIpc) is 3.10. The zero-order valence-corrected chi connectivity index (χ0v) is 15.6. The van der Waals surface area contributed by atoms with E-state index in [0.717, 1.165) is 31.6 Å². The van der Waals surface area contributed by atoms with E-state index in [9.17, 15) is 9.59 Å². The van der Waals surface area contributed by atoms with E-state index in [1.165, 1.54) is 11.3 Å². The second kappa shape index (κ2) is 8.33. The maximum atomic E-state index is 12.6. The molecule has 1 saturated heterocycles. The zero-order valence-electron chi connectivity index (χ0n) is 14.8. The summed E-state index contributed by atoms with van der Waals surface area (Å²) in [5, 5.41) is 6.17. The van der Waals surface area contributed by atoms with Gasteiger partial charge in [0.25, 0.3) is 5.91 Å². The molecule has 0 bridgehead atoms. The van der Waals surface area contributed by atoms with Crippen molar-refractivity contribution in [2.24, 2.45) is 11.7 Å². The number of carbonyl (C=O) groups excluding carboxylic acids is 2. The molecule has 1 atom stereocenters. The molecule has 2 aromatic rings. The maximum Gasteiger partial charge on any atom is 0.324 e. The van der Waals surface area contributed by atoms with Gasteiger partial charge in [-0.15, -0.1) is 11.3 Å². The monoisotopic (exact) mass is 372 g/mol. The van der Waals surface area contributed by atoms with Crippen LogP contribution in [0.1, 0.15) is 29.4 Å². The number of anilines is 2. The lowest BCUT2D eigenvalue weighted by Crippen LogP contribution is -2.42. The first-order chi connectivity index (χ1) is 12.5. The third-order valence-corrected chi connectivity index (χ3v) is 5.64. The van der Waals surface area contributed by atoms with Crippen molar-refractivity contribution in [3.05, 3.63) is 47.3 Å². The van der Waals surface area contributed by atoms with Gasteiger partial charge in [-0.25, -0.2) is 4.79 Å². The van der Waals surface area contributed by atoms with Crippen molar-refractivity contribution in [1.29, 1.82) is 0 Å². The van der Waals surface area contributed by atoms with Crippen molar-refractivity contribution in [2.45, 2.75) is 25.8 Å². The van der Waals surface area contributed by atoms with E-state index >= 15 is 0 Å². The Morgan fingerprint density at radius 2 is 1.81 bits per heavy atom. The van der Waals surface area contributed by atoms with Crippen LogP contribution in [0.2, 0.25) is 0 Å². The summed E-state index contributed by atoms with van der Waals surface area (Å²) in [6, 6.07) is 12.6. The molecule has 1 aromatic carbocycles. The van der Waals surface area contributed by atoms with Gasteiger partial charge in [0.15, 0.2) is 0 Å². The van der Waals surface area contributed by atoms with Crippen molar-refractivity contribution in [3.8, 4) is 0 Å². The largest absolute Gasteiger partial charge is 0.338 e. The Hall–Kier alpha value is -2.38. The first kappa shape index (κ1) is 18.4. The number of nitrogens with zero attached hydrogens (tertiary/aromatic N) is 1. The fraction of sp³-hybridized carbons (Fsp3) is 0.368. The number of nitrogens with two attached hydrogens (primary N) is 1. The minimum atomic E-state index is -0.324. The van der Waals surface area contributed by atoms with Gasteiger partial charge in [-0.2, -0.15) is 0 Å². The molecule has 3 amide bonds. The second-order valence-electron chi connectivity index (χ2n) is 6.60. The van der Waals surface area contributed by atoms with Gasteiger partial charge in [0.05, 0.1) is 9.88 Å². The molecule has 4 N–H and O–H groups in total. The number of rotatable bonds is 4. The van der Waals surface area contributed by atoms with Crippen LogP contribution in [-0.4, -0.2) is 36.0 Å². The third-order valence-electron chi connectivity index (χ3n) is 4.66. The van der Waals surface area contributed by atoms with Crippen LogP contribution in [0.25, 0.3) is 0 Å². The number of hydrogen-bond acceptors (Lipinski definition) is 4. The van der Waals surface area contributed by atoms with Crippen LogP contribution in [0.15, 0.2) is 42.5 Å². The molecule has 1 unspecified atom stereocenters. The number of piperidine rings is 1. The highest BCUT2D eigenvalue weighted by Crippen LogP contribution is 2.26. The summed E-state index contributed by atoms with van der Waals surface area (Å²) in [4.78, 5) is 27.2. The Morgan fingerprint density at radius 3 is 2.46 bits per heavy atom. The summed E-state index contributed by atoms with van der Waals surface area (Å²) in [6.07, 6.45) is 1.89. The van der Waals surface area contributed by atoms with E-state index < -0.39 is 0 Å². The van der Waals surface area contributed by atoms with Crippen molar-refractivity contribution in [3.63, 3.8) is 0 Å². The molecule has 138 valence electrons. The molecule has 1 aromatic heterocycles. The molecule has 0 radical (unpaired) electrons. The fourth-order valence-corrected chi connectivity index (χ4v) is 3.97. The Morgan fingerprint density at radius 1 is 1.12 bits per heavy atom. The number of amides is 3. The summed E-state index contributed by atoms with van der Waals surface area (Å²) in [5.41, 5.74) is 6.67. The maximum absolute atomic E-state index is 12.6. The Balaban J connectivity index is 1.54. The summed E-state index contributed by atoms with van der Waals surface area (Å²) >= 11 is 1.29. The van der Waals surface area contributed by atoms with E-state index in [4.69, 9.17) is 5.73 Å². The molecule has 26 heavy (non-hydrogen) atoms. The van der Waals surface area contributed by atoms with E-state index in [0.29, 0.717) is 15.8 Å². The number of likely N-dealkylation sites (tertiary alicyclic amines) is 1. The minimum Gasteiger partial charge on any atom is -0.338 e. The fourth-order valence-electron chi connectivity index (χ4n) is 3.10. The van der Waals surface area contributed by atoms with Crippen LogP contribution >= 0.6 is 11.3 Å². The summed E-state index contributed by atoms with van der Waals surface area (Å²) in [7, 11) is 0. The Kier molecular flexibility index (Phi) is 5.90.